The number of rotatable bonds is 6. The third kappa shape index (κ3) is 4.04. The Morgan fingerprint density at radius 2 is 2.05 bits per heavy atom. The number of aryl methyl sites for hydroxylation is 1. The fourth-order valence-electron chi connectivity index (χ4n) is 1.63. The first-order valence-electron chi connectivity index (χ1n) is 6.00. The number of benzene rings is 1. The van der Waals surface area contributed by atoms with Gasteiger partial charge in [-0.3, -0.25) is 14.9 Å². The van der Waals surface area contributed by atoms with Crippen LogP contribution in [0.25, 0.3) is 0 Å². The molecule has 20 heavy (non-hydrogen) atoms. The molecule has 0 N–H and O–H groups in total. The number of ether oxygens (including phenoxy) is 2. The van der Waals surface area contributed by atoms with E-state index >= 15 is 0 Å². The predicted molar refractivity (Wildman–Crippen MR) is 69.4 cm³/mol. The number of nitro benzene ring substituents is 1. The Morgan fingerprint density at radius 1 is 1.35 bits per heavy atom. The lowest BCUT2D eigenvalue weighted by Crippen LogP contribution is -2.07. The summed E-state index contributed by atoms with van der Waals surface area (Å²) in [6.45, 7) is 1.84. The van der Waals surface area contributed by atoms with Crippen LogP contribution in [0.5, 0.6) is 0 Å². The van der Waals surface area contributed by atoms with E-state index in [4.69, 9.17) is 4.74 Å². The standard InChI is InChI=1S/C13H15NO6/c1-3-20-13(16)10-5-4-9(6-7-12(15)19-2)11(8-10)14(17)18/h4-5,8H,3,6-7H2,1-2H3. The van der Waals surface area contributed by atoms with Gasteiger partial charge in [0.05, 0.1) is 24.2 Å². The highest BCUT2D eigenvalue weighted by atomic mass is 16.6. The lowest BCUT2D eigenvalue weighted by molar-refractivity contribution is -0.385. The summed E-state index contributed by atoms with van der Waals surface area (Å²) in [4.78, 5) is 33.0. The van der Waals surface area contributed by atoms with Crippen LogP contribution in [0.1, 0.15) is 29.3 Å². The van der Waals surface area contributed by atoms with E-state index in [1.165, 1.54) is 19.2 Å². The molecule has 0 bridgehead atoms. The Balaban J connectivity index is 2.99. The summed E-state index contributed by atoms with van der Waals surface area (Å²) >= 11 is 0. The molecule has 0 saturated heterocycles. The number of methoxy groups -OCH3 is 1. The smallest absolute Gasteiger partial charge is 0.338 e. The average molecular weight is 281 g/mol. The number of hydrogen-bond acceptors (Lipinski definition) is 6. The summed E-state index contributed by atoms with van der Waals surface area (Å²) in [7, 11) is 1.25. The molecule has 0 heterocycles. The van der Waals surface area contributed by atoms with E-state index in [9.17, 15) is 19.7 Å². The fourth-order valence-corrected chi connectivity index (χ4v) is 1.63. The quantitative estimate of drug-likeness (QED) is 0.448. The molecular formula is C13H15NO6. The molecule has 0 aliphatic rings. The van der Waals surface area contributed by atoms with Gasteiger partial charge in [0.25, 0.3) is 5.69 Å². The van der Waals surface area contributed by atoms with Crippen molar-refractivity contribution in [1.82, 2.24) is 0 Å². The van der Waals surface area contributed by atoms with Crippen molar-refractivity contribution in [1.29, 1.82) is 0 Å². The maximum Gasteiger partial charge on any atom is 0.338 e. The molecule has 0 saturated carbocycles. The van der Waals surface area contributed by atoms with E-state index in [1.54, 1.807) is 6.92 Å². The first-order valence-corrected chi connectivity index (χ1v) is 6.00. The molecule has 1 rings (SSSR count). The molecule has 1 aromatic rings. The minimum absolute atomic E-state index is 0.0378. The van der Waals surface area contributed by atoms with Crippen LogP contribution in [-0.4, -0.2) is 30.6 Å². The molecule has 0 fully saturated rings. The third-order valence-electron chi connectivity index (χ3n) is 2.62. The van der Waals surface area contributed by atoms with Gasteiger partial charge in [0, 0.05) is 18.1 Å². The lowest BCUT2D eigenvalue weighted by atomic mass is 10.0. The average Bonchev–Trinajstić information content (AvgIpc) is 2.44. The predicted octanol–water partition coefficient (Wildman–Crippen LogP) is 1.88. The summed E-state index contributed by atoms with van der Waals surface area (Å²) in [6, 6.07) is 4.05. The van der Waals surface area contributed by atoms with E-state index in [0.717, 1.165) is 6.07 Å². The summed E-state index contributed by atoms with van der Waals surface area (Å²) in [6.07, 6.45) is 0.211. The SMILES string of the molecule is CCOC(=O)c1ccc(CCC(=O)OC)c([N+](=O)[O-])c1. The van der Waals surface area contributed by atoms with E-state index < -0.39 is 16.9 Å². The maximum atomic E-state index is 11.5. The summed E-state index contributed by atoms with van der Waals surface area (Å²) in [5, 5.41) is 11.0. The number of carbonyl (C=O) groups is 2. The van der Waals surface area contributed by atoms with Crippen molar-refractivity contribution in [2.75, 3.05) is 13.7 Å². The Hall–Kier alpha value is -2.44. The molecule has 0 aromatic heterocycles. The van der Waals surface area contributed by atoms with Gasteiger partial charge < -0.3 is 9.47 Å². The fraction of sp³-hybridized carbons (Fsp3) is 0.385. The lowest BCUT2D eigenvalue weighted by Gasteiger charge is -2.05. The van der Waals surface area contributed by atoms with E-state index in [2.05, 4.69) is 4.74 Å². The highest BCUT2D eigenvalue weighted by Gasteiger charge is 2.18. The Morgan fingerprint density at radius 3 is 2.60 bits per heavy atom. The van der Waals surface area contributed by atoms with E-state index in [1.807, 2.05) is 0 Å². The van der Waals surface area contributed by atoms with Gasteiger partial charge in [-0.15, -0.1) is 0 Å². The van der Waals surface area contributed by atoms with Crippen LogP contribution in [0.2, 0.25) is 0 Å². The molecule has 0 radical (unpaired) electrons. The van der Waals surface area contributed by atoms with Gasteiger partial charge in [-0.25, -0.2) is 4.79 Å². The number of hydrogen-bond donors (Lipinski definition) is 0. The van der Waals surface area contributed by atoms with Crippen molar-refractivity contribution in [3.63, 3.8) is 0 Å². The molecule has 0 unspecified atom stereocenters. The normalized spacial score (nSPS) is 9.90. The summed E-state index contributed by atoms with van der Waals surface area (Å²) in [5.41, 5.74) is 0.272. The van der Waals surface area contributed by atoms with Crippen molar-refractivity contribution in [2.24, 2.45) is 0 Å². The van der Waals surface area contributed by atoms with Crippen LogP contribution in [0.3, 0.4) is 0 Å². The van der Waals surface area contributed by atoms with Gasteiger partial charge in [-0.05, 0) is 19.4 Å². The van der Waals surface area contributed by atoms with Crippen molar-refractivity contribution >= 4 is 17.6 Å². The van der Waals surface area contributed by atoms with E-state index in [-0.39, 0.29) is 30.7 Å². The second-order valence-electron chi connectivity index (χ2n) is 3.90. The summed E-state index contributed by atoms with van der Waals surface area (Å²) < 4.78 is 9.27. The Labute approximate surface area is 115 Å². The number of nitro groups is 1. The second-order valence-corrected chi connectivity index (χ2v) is 3.90. The first kappa shape index (κ1) is 15.6. The maximum absolute atomic E-state index is 11.5. The van der Waals surface area contributed by atoms with Crippen LogP contribution in [-0.2, 0) is 20.7 Å². The number of nitrogens with zero attached hydrogens (tertiary/aromatic N) is 1. The molecule has 1 aromatic carbocycles. The van der Waals surface area contributed by atoms with Crippen LogP contribution in [0.15, 0.2) is 18.2 Å². The highest BCUT2D eigenvalue weighted by molar-refractivity contribution is 5.90. The highest BCUT2D eigenvalue weighted by Crippen LogP contribution is 2.22. The van der Waals surface area contributed by atoms with Crippen LogP contribution < -0.4 is 0 Å². The van der Waals surface area contributed by atoms with Gasteiger partial charge in [0.1, 0.15) is 0 Å². The summed E-state index contributed by atoms with van der Waals surface area (Å²) in [5.74, 6) is -1.07. The monoisotopic (exact) mass is 281 g/mol. The van der Waals surface area contributed by atoms with Gasteiger partial charge >= 0.3 is 11.9 Å². The van der Waals surface area contributed by atoms with Crippen molar-refractivity contribution in [3.05, 3.63) is 39.4 Å². The molecule has 0 aliphatic carbocycles. The van der Waals surface area contributed by atoms with Crippen LogP contribution >= 0.6 is 0 Å². The van der Waals surface area contributed by atoms with Crippen molar-refractivity contribution in [2.45, 2.75) is 19.8 Å². The van der Waals surface area contributed by atoms with Crippen molar-refractivity contribution < 1.29 is 24.0 Å². The minimum Gasteiger partial charge on any atom is -0.469 e. The topological polar surface area (TPSA) is 95.7 Å². The molecule has 0 spiro atoms. The third-order valence-corrected chi connectivity index (χ3v) is 2.62. The number of carbonyl (C=O) groups excluding carboxylic acids is 2. The zero-order valence-electron chi connectivity index (χ0n) is 11.3. The van der Waals surface area contributed by atoms with Gasteiger partial charge in [-0.1, -0.05) is 6.07 Å². The first-order chi connectivity index (χ1) is 9.49. The number of esters is 2. The zero-order valence-corrected chi connectivity index (χ0v) is 11.3. The van der Waals surface area contributed by atoms with Gasteiger partial charge in [0.15, 0.2) is 0 Å². The molecular weight excluding hydrogens is 266 g/mol. The van der Waals surface area contributed by atoms with Crippen LogP contribution in [0, 0.1) is 10.1 Å². The van der Waals surface area contributed by atoms with E-state index in [0.29, 0.717) is 5.56 Å². The molecule has 7 nitrogen and oxygen atoms in total. The van der Waals surface area contributed by atoms with Crippen LogP contribution in [0.4, 0.5) is 5.69 Å². The van der Waals surface area contributed by atoms with Gasteiger partial charge in [-0.2, -0.15) is 0 Å². The largest absolute Gasteiger partial charge is 0.469 e. The van der Waals surface area contributed by atoms with Gasteiger partial charge in [0.2, 0.25) is 0 Å². The molecule has 108 valence electrons. The minimum atomic E-state index is -0.616. The molecule has 7 heteroatoms. The molecule has 0 amide bonds. The molecule has 0 aliphatic heterocycles. The zero-order chi connectivity index (χ0) is 15.1. The molecule has 0 atom stereocenters. The Kier molecular flexibility index (Phi) is 5.64. The van der Waals surface area contributed by atoms with Crippen molar-refractivity contribution in [3.8, 4) is 0 Å². The Bertz CT molecular complexity index is 526. The second kappa shape index (κ2) is 7.22.